The van der Waals surface area contributed by atoms with E-state index >= 15 is 0 Å². The number of fused-ring (bicyclic) bond motifs is 12. The average molecular weight is 856 g/mol. The minimum absolute atomic E-state index is 0.132. The van der Waals surface area contributed by atoms with E-state index in [0.717, 1.165) is 17.1 Å². The molecule has 0 saturated carbocycles. The van der Waals surface area contributed by atoms with Crippen molar-refractivity contribution in [3.8, 4) is 55.6 Å². The Balaban J connectivity index is 1.06. The van der Waals surface area contributed by atoms with Crippen LogP contribution in [0.4, 0.5) is 17.1 Å². The molecule has 0 heterocycles. The molecule has 0 N–H and O–H groups in total. The lowest BCUT2D eigenvalue weighted by molar-refractivity contribution is 0.660. The van der Waals surface area contributed by atoms with Gasteiger partial charge in [0.25, 0.3) is 0 Å². The van der Waals surface area contributed by atoms with Gasteiger partial charge in [-0.05, 0) is 153 Å². The first-order valence-corrected chi connectivity index (χ1v) is 23.7. The fourth-order valence-corrected chi connectivity index (χ4v) is 12.0. The molecular formula is C66H49N. The molecule has 0 aliphatic heterocycles. The van der Waals surface area contributed by atoms with Gasteiger partial charge in [0.2, 0.25) is 0 Å². The third kappa shape index (κ3) is 5.87. The second-order valence-corrected chi connectivity index (χ2v) is 19.6. The van der Waals surface area contributed by atoms with Gasteiger partial charge in [0.05, 0.1) is 0 Å². The Morgan fingerprint density at radius 2 is 0.672 bits per heavy atom. The number of anilines is 3. The van der Waals surface area contributed by atoms with E-state index in [-0.39, 0.29) is 10.8 Å². The summed E-state index contributed by atoms with van der Waals surface area (Å²) in [5.74, 6) is 0. The van der Waals surface area contributed by atoms with Crippen LogP contribution in [0.3, 0.4) is 0 Å². The van der Waals surface area contributed by atoms with Gasteiger partial charge in [-0.2, -0.15) is 0 Å². The van der Waals surface area contributed by atoms with Crippen LogP contribution in [0.2, 0.25) is 0 Å². The van der Waals surface area contributed by atoms with Crippen LogP contribution in [-0.2, 0) is 10.8 Å². The van der Waals surface area contributed by atoms with Crippen molar-refractivity contribution in [2.24, 2.45) is 0 Å². The zero-order chi connectivity index (χ0) is 45.0. The van der Waals surface area contributed by atoms with E-state index in [1.807, 2.05) is 0 Å². The Morgan fingerprint density at radius 1 is 0.269 bits per heavy atom. The molecule has 0 unspecified atom stereocenters. The van der Waals surface area contributed by atoms with Gasteiger partial charge in [-0.15, -0.1) is 0 Å². The van der Waals surface area contributed by atoms with Crippen LogP contribution < -0.4 is 4.90 Å². The van der Waals surface area contributed by atoms with Crippen molar-refractivity contribution < 1.29 is 0 Å². The highest BCUT2D eigenvalue weighted by Gasteiger charge is 2.38. The van der Waals surface area contributed by atoms with Crippen LogP contribution in [-0.4, -0.2) is 0 Å². The molecule has 0 atom stereocenters. The van der Waals surface area contributed by atoms with E-state index in [9.17, 15) is 0 Å². The molecule has 0 amide bonds. The van der Waals surface area contributed by atoms with Crippen LogP contribution in [0.25, 0.3) is 88.0 Å². The summed E-state index contributed by atoms with van der Waals surface area (Å²) < 4.78 is 0. The summed E-state index contributed by atoms with van der Waals surface area (Å²) in [6.07, 6.45) is 0. The molecule has 0 bridgehead atoms. The van der Waals surface area contributed by atoms with Crippen LogP contribution >= 0.6 is 0 Å². The molecular weight excluding hydrogens is 807 g/mol. The lowest BCUT2D eigenvalue weighted by Crippen LogP contribution is -2.18. The van der Waals surface area contributed by atoms with Crippen LogP contribution in [0.1, 0.15) is 49.9 Å². The predicted molar refractivity (Wildman–Crippen MR) is 285 cm³/mol. The second kappa shape index (κ2) is 14.8. The fourth-order valence-electron chi connectivity index (χ4n) is 12.0. The van der Waals surface area contributed by atoms with Crippen molar-refractivity contribution >= 4 is 49.4 Å². The molecule has 318 valence electrons. The monoisotopic (exact) mass is 855 g/mol. The first-order chi connectivity index (χ1) is 32.8. The molecule has 11 aromatic carbocycles. The molecule has 11 aromatic rings. The van der Waals surface area contributed by atoms with Crippen molar-refractivity contribution in [3.63, 3.8) is 0 Å². The van der Waals surface area contributed by atoms with E-state index in [4.69, 9.17) is 0 Å². The van der Waals surface area contributed by atoms with Crippen molar-refractivity contribution in [2.75, 3.05) is 4.90 Å². The van der Waals surface area contributed by atoms with Crippen LogP contribution in [0.5, 0.6) is 0 Å². The zero-order valence-electron chi connectivity index (χ0n) is 38.3. The molecule has 0 aromatic heterocycles. The van der Waals surface area contributed by atoms with Crippen molar-refractivity contribution in [3.05, 3.63) is 247 Å². The summed E-state index contributed by atoms with van der Waals surface area (Å²) >= 11 is 0. The van der Waals surface area contributed by atoms with Gasteiger partial charge in [-0.25, -0.2) is 0 Å². The maximum atomic E-state index is 2.49. The molecule has 0 fully saturated rings. The predicted octanol–water partition coefficient (Wildman–Crippen LogP) is 18.2. The molecule has 2 aliphatic rings. The normalized spacial score (nSPS) is 13.9. The average Bonchev–Trinajstić information content (AvgIpc) is 3.75. The number of benzene rings is 11. The highest BCUT2D eigenvalue weighted by atomic mass is 15.1. The van der Waals surface area contributed by atoms with E-state index < -0.39 is 0 Å². The van der Waals surface area contributed by atoms with Crippen molar-refractivity contribution in [2.45, 2.75) is 38.5 Å². The standard InChI is InChI=1S/C66H49N/c1-65(2)58-29-17-15-25-50(58)52-37-35-46(39-60(52)65)67(47-36-38-53-51-26-16-18-30-59(51)66(3,4)61(53)40-47)45-33-31-44(32-34-45)62-56(42-19-7-5-8-20-42)41-57(43-21-9-6-10-22-43)63-54-27-13-11-23-48(54)49-24-12-14-28-55(49)64(62)63/h5-41H,1-4H3. The van der Waals surface area contributed by atoms with Crippen LogP contribution in [0.15, 0.2) is 224 Å². The molecule has 0 radical (unpaired) electrons. The molecule has 0 spiro atoms. The first kappa shape index (κ1) is 39.4. The maximum absolute atomic E-state index is 2.49. The highest BCUT2D eigenvalue weighted by Crippen LogP contribution is 2.54. The second-order valence-electron chi connectivity index (χ2n) is 19.6. The summed E-state index contributed by atoms with van der Waals surface area (Å²) in [4.78, 5) is 2.49. The third-order valence-corrected chi connectivity index (χ3v) is 15.2. The highest BCUT2D eigenvalue weighted by molar-refractivity contribution is 6.33. The summed E-state index contributed by atoms with van der Waals surface area (Å²) in [5.41, 5.74) is 21.3. The van der Waals surface area contributed by atoms with Gasteiger partial charge in [-0.1, -0.05) is 210 Å². The van der Waals surface area contributed by atoms with Gasteiger partial charge < -0.3 is 4.90 Å². The molecule has 1 nitrogen and oxygen atoms in total. The zero-order valence-corrected chi connectivity index (χ0v) is 38.3. The first-order valence-electron chi connectivity index (χ1n) is 23.7. The largest absolute Gasteiger partial charge is 0.310 e. The van der Waals surface area contributed by atoms with E-state index in [0.29, 0.717) is 0 Å². The number of rotatable bonds is 6. The lowest BCUT2D eigenvalue weighted by Gasteiger charge is -2.30. The summed E-state index contributed by atoms with van der Waals surface area (Å²) in [6.45, 7) is 9.50. The molecule has 67 heavy (non-hydrogen) atoms. The van der Waals surface area contributed by atoms with Gasteiger partial charge in [-0.3, -0.25) is 0 Å². The Bertz CT molecular complexity index is 3670. The summed E-state index contributed by atoms with van der Waals surface area (Å²) in [7, 11) is 0. The van der Waals surface area contributed by atoms with E-state index in [2.05, 4.69) is 257 Å². The number of hydrogen-bond donors (Lipinski definition) is 0. The van der Waals surface area contributed by atoms with Crippen molar-refractivity contribution in [1.29, 1.82) is 0 Å². The molecule has 13 rings (SSSR count). The SMILES string of the molecule is CC1(C)c2ccccc2-c2ccc(N(c3ccc(-c4c(-c5ccccc5)cc(-c5ccccc5)c5c6ccccc6c6ccccc6c45)cc3)c3ccc4c(c3)C(C)(C)c3ccccc3-4)cc21. The molecule has 0 saturated heterocycles. The lowest BCUT2D eigenvalue weighted by atomic mass is 9.81. The van der Waals surface area contributed by atoms with E-state index in [1.54, 1.807) is 0 Å². The summed E-state index contributed by atoms with van der Waals surface area (Å²) in [5, 5.41) is 7.62. The minimum Gasteiger partial charge on any atom is -0.310 e. The summed E-state index contributed by atoms with van der Waals surface area (Å²) in [6, 6.07) is 84.0. The molecule has 2 aliphatic carbocycles. The number of nitrogens with zero attached hydrogens (tertiary/aromatic N) is 1. The maximum Gasteiger partial charge on any atom is 0.0465 e. The topological polar surface area (TPSA) is 3.24 Å². The quantitative estimate of drug-likeness (QED) is 0.151. The smallest absolute Gasteiger partial charge is 0.0465 e. The van der Waals surface area contributed by atoms with Gasteiger partial charge >= 0.3 is 0 Å². The Kier molecular flexibility index (Phi) is 8.67. The molecule has 1 heteroatoms. The van der Waals surface area contributed by atoms with Gasteiger partial charge in [0.1, 0.15) is 0 Å². The Hall–Kier alpha value is -8.00. The number of hydrogen-bond acceptors (Lipinski definition) is 1. The fraction of sp³-hybridized carbons (Fsp3) is 0.0909. The Morgan fingerprint density at radius 3 is 1.19 bits per heavy atom. The van der Waals surface area contributed by atoms with E-state index in [1.165, 1.54) is 110 Å². The van der Waals surface area contributed by atoms with Crippen LogP contribution in [0, 0.1) is 0 Å². The Labute approximate surface area is 393 Å². The minimum atomic E-state index is -0.132. The third-order valence-electron chi connectivity index (χ3n) is 15.2. The van der Waals surface area contributed by atoms with Gasteiger partial charge in [0, 0.05) is 27.9 Å². The van der Waals surface area contributed by atoms with Gasteiger partial charge in [0.15, 0.2) is 0 Å². The van der Waals surface area contributed by atoms with Crippen molar-refractivity contribution in [1.82, 2.24) is 0 Å².